The molecule has 2 heteroatoms. The molecule has 0 amide bonds. The van der Waals surface area contributed by atoms with Crippen molar-refractivity contribution in [2.45, 2.75) is 32.3 Å². The lowest BCUT2D eigenvalue weighted by Gasteiger charge is -2.27. The Balaban J connectivity index is 2.46. The van der Waals surface area contributed by atoms with Crippen LogP contribution < -0.4 is 0 Å². The maximum absolute atomic E-state index is 10.9. The normalized spacial score (nSPS) is 28.2. The Morgan fingerprint density at radius 3 is 2.85 bits per heavy atom. The molecule has 0 saturated heterocycles. The Hall–Kier alpha value is -1.05. The van der Waals surface area contributed by atoms with E-state index in [0.29, 0.717) is 5.92 Å². The molecule has 2 atom stereocenters. The quantitative estimate of drug-likeness (QED) is 0.370. The van der Waals surface area contributed by atoms with Crippen LogP contribution in [0.4, 0.5) is 0 Å². The van der Waals surface area contributed by atoms with Gasteiger partial charge in [0.1, 0.15) is 6.10 Å². The molecule has 0 aliphatic heterocycles. The van der Waals surface area contributed by atoms with E-state index in [1.165, 1.54) is 11.6 Å². The first-order chi connectivity index (χ1) is 6.11. The summed E-state index contributed by atoms with van der Waals surface area (Å²) in [6.07, 6.45) is 4.04. The van der Waals surface area contributed by atoms with Gasteiger partial charge < -0.3 is 4.74 Å². The van der Waals surface area contributed by atoms with Crippen LogP contribution in [0.25, 0.3) is 0 Å². The molecule has 1 aliphatic rings. The van der Waals surface area contributed by atoms with Gasteiger partial charge in [0.25, 0.3) is 0 Å². The van der Waals surface area contributed by atoms with E-state index in [1.54, 1.807) is 0 Å². The highest BCUT2D eigenvalue weighted by Gasteiger charge is 2.23. The largest absolute Gasteiger partial charge is 0.459 e. The summed E-state index contributed by atoms with van der Waals surface area (Å²) < 4.78 is 5.16. The summed E-state index contributed by atoms with van der Waals surface area (Å²) in [6.45, 7) is 9.45. The van der Waals surface area contributed by atoms with E-state index < -0.39 is 0 Å². The molecule has 0 bridgehead atoms. The molecule has 13 heavy (non-hydrogen) atoms. The molecule has 0 aromatic rings. The van der Waals surface area contributed by atoms with Gasteiger partial charge in [-0.3, -0.25) is 0 Å². The fourth-order valence-electron chi connectivity index (χ4n) is 1.82. The minimum absolute atomic E-state index is 0.0155. The molecular weight excluding hydrogens is 164 g/mol. The van der Waals surface area contributed by atoms with E-state index in [1.807, 2.05) is 0 Å². The smallest absolute Gasteiger partial charge is 0.330 e. The molecule has 1 saturated carbocycles. The summed E-state index contributed by atoms with van der Waals surface area (Å²) in [5, 5.41) is 0. The number of rotatable bonds is 2. The number of hydrogen-bond donors (Lipinski definition) is 0. The third-order valence-corrected chi connectivity index (χ3v) is 2.27. The van der Waals surface area contributed by atoms with Gasteiger partial charge in [-0.1, -0.05) is 25.7 Å². The predicted octanol–water partition coefficient (Wildman–Crippen LogP) is 2.46. The van der Waals surface area contributed by atoms with Crippen LogP contribution in [0.3, 0.4) is 0 Å². The lowest BCUT2D eigenvalue weighted by molar-refractivity contribution is -0.144. The first kappa shape index (κ1) is 10.0. The van der Waals surface area contributed by atoms with Crippen molar-refractivity contribution in [2.24, 2.45) is 5.92 Å². The molecule has 1 rings (SSSR count). The van der Waals surface area contributed by atoms with Crippen LogP contribution in [0.15, 0.2) is 24.8 Å². The SMILES string of the molecule is C=CC(=O)OC1CC(=C)CC(C)C1. The number of ether oxygens (including phenoxy) is 1. The second-order valence-corrected chi connectivity index (χ2v) is 3.76. The standard InChI is InChI=1S/C11H16O2/c1-4-11(12)13-10-6-8(2)5-9(3)7-10/h4,9-10H,1-2,5-7H2,3H3. The van der Waals surface area contributed by atoms with E-state index in [9.17, 15) is 4.79 Å². The summed E-state index contributed by atoms with van der Waals surface area (Å²) in [5.74, 6) is 0.246. The molecule has 0 heterocycles. The first-order valence-corrected chi connectivity index (χ1v) is 4.61. The molecule has 1 fully saturated rings. The lowest BCUT2D eigenvalue weighted by Crippen LogP contribution is -2.24. The van der Waals surface area contributed by atoms with Crippen molar-refractivity contribution in [3.05, 3.63) is 24.8 Å². The van der Waals surface area contributed by atoms with E-state index in [4.69, 9.17) is 4.74 Å². The zero-order valence-corrected chi connectivity index (χ0v) is 8.08. The van der Waals surface area contributed by atoms with Crippen LogP contribution in [-0.4, -0.2) is 12.1 Å². The molecule has 0 aromatic carbocycles. The van der Waals surface area contributed by atoms with Crippen LogP contribution in [-0.2, 0) is 9.53 Å². The van der Waals surface area contributed by atoms with Crippen LogP contribution >= 0.6 is 0 Å². The number of hydrogen-bond acceptors (Lipinski definition) is 2. The predicted molar refractivity (Wildman–Crippen MR) is 52.2 cm³/mol. The van der Waals surface area contributed by atoms with Crippen molar-refractivity contribution in [1.29, 1.82) is 0 Å². The van der Waals surface area contributed by atoms with E-state index in [-0.39, 0.29) is 12.1 Å². The maximum atomic E-state index is 10.9. The average Bonchev–Trinajstić information content (AvgIpc) is 2.02. The summed E-state index contributed by atoms with van der Waals surface area (Å²) in [5.41, 5.74) is 1.18. The Morgan fingerprint density at radius 1 is 1.62 bits per heavy atom. The van der Waals surface area contributed by atoms with Gasteiger partial charge in [-0.25, -0.2) is 4.79 Å². The minimum atomic E-state index is -0.327. The molecular formula is C11H16O2. The highest BCUT2D eigenvalue weighted by atomic mass is 16.5. The van der Waals surface area contributed by atoms with Crippen molar-refractivity contribution in [1.82, 2.24) is 0 Å². The fraction of sp³-hybridized carbons (Fsp3) is 0.545. The van der Waals surface area contributed by atoms with E-state index >= 15 is 0 Å². The monoisotopic (exact) mass is 180 g/mol. The third-order valence-electron chi connectivity index (χ3n) is 2.27. The zero-order valence-electron chi connectivity index (χ0n) is 8.08. The third kappa shape index (κ3) is 3.05. The van der Waals surface area contributed by atoms with Crippen molar-refractivity contribution >= 4 is 5.97 Å². The summed E-state index contributed by atoms with van der Waals surface area (Å²) in [4.78, 5) is 10.9. The summed E-state index contributed by atoms with van der Waals surface area (Å²) >= 11 is 0. The maximum Gasteiger partial charge on any atom is 0.330 e. The molecule has 0 N–H and O–H groups in total. The topological polar surface area (TPSA) is 26.3 Å². The second kappa shape index (κ2) is 4.26. The van der Waals surface area contributed by atoms with Crippen molar-refractivity contribution in [3.8, 4) is 0 Å². The molecule has 0 spiro atoms. The van der Waals surface area contributed by atoms with Crippen LogP contribution in [0.5, 0.6) is 0 Å². The van der Waals surface area contributed by atoms with Gasteiger partial charge in [0, 0.05) is 12.5 Å². The number of esters is 1. The molecule has 2 nitrogen and oxygen atoms in total. The van der Waals surface area contributed by atoms with Gasteiger partial charge in [0.2, 0.25) is 0 Å². The number of carbonyl (C=O) groups excluding carboxylic acids is 1. The van der Waals surface area contributed by atoms with E-state index in [0.717, 1.165) is 19.3 Å². The van der Waals surface area contributed by atoms with Crippen molar-refractivity contribution < 1.29 is 9.53 Å². The van der Waals surface area contributed by atoms with Crippen LogP contribution in [0.1, 0.15) is 26.2 Å². The average molecular weight is 180 g/mol. The Morgan fingerprint density at radius 2 is 2.31 bits per heavy atom. The number of carbonyl (C=O) groups is 1. The summed E-state index contributed by atoms with van der Waals surface area (Å²) in [7, 11) is 0. The van der Waals surface area contributed by atoms with E-state index in [2.05, 4.69) is 20.1 Å². The minimum Gasteiger partial charge on any atom is -0.459 e. The Kier molecular flexibility index (Phi) is 3.29. The fourth-order valence-corrected chi connectivity index (χ4v) is 1.82. The molecule has 0 aromatic heterocycles. The highest BCUT2D eigenvalue weighted by molar-refractivity contribution is 5.81. The lowest BCUT2D eigenvalue weighted by atomic mass is 9.85. The highest BCUT2D eigenvalue weighted by Crippen LogP contribution is 2.28. The molecule has 2 unspecified atom stereocenters. The van der Waals surface area contributed by atoms with Gasteiger partial charge >= 0.3 is 5.97 Å². The molecule has 0 radical (unpaired) electrons. The Bertz CT molecular complexity index is 230. The van der Waals surface area contributed by atoms with Crippen LogP contribution in [0, 0.1) is 5.92 Å². The zero-order chi connectivity index (χ0) is 9.84. The van der Waals surface area contributed by atoms with Crippen LogP contribution in [0.2, 0.25) is 0 Å². The summed E-state index contributed by atoms with van der Waals surface area (Å²) in [6, 6.07) is 0. The first-order valence-electron chi connectivity index (χ1n) is 4.61. The van der Waals surface area contributed by atoms with Crippen molar-refractivity contribution in [2.75, 3.05) is 0 Å². The molecule has 72 valence electrons. The van der Waals surface area contributed by atoms with Gasteiger partial charge in [-0.05, 0) is 18.8 Å². The van der Waals surface area contributed by atoms with Gasteiger partial charge in [-0.2, -0.15) is 0 Å². The Labute approximate surface area is 79.3 Å². The molecule has 1 aliphatic carbocycles. The second-order valence-electron chi connectivity index (χ2n) is 3.76. The van der Waals surface area contributed by atoms with Gasteiger partial charge in [0.05, 0.1) is 0 Å². The van der Waals surface area contributed by atoms with Crippen molar-refractivity contribution in [3.63, 3.8) is 0 Å². The van der Waals surface area contributed by atoms with Gasteiger partial charge in [-0.15, -0.1) is 0 Å². The van der Waals surface area contributed by atoms with Gasteiger partial charge in [0.15, 0.2) is 0 Å².